The van der Waals surface area contributed by atoms with Crippen LogP contribution in [-0.2, 0) is 0 Å². The van der Waals surface area contributed by atoms with Gasteiger partial charge in [0.25, 0.3) is 0 Å². The van der Waals surface area contributed by atoms with Crippen molar-refractivity contribution in [3.8, 4) is 22.8 Å². The van der Waals surface area contributed by atoms with E-state index in [0.29, 0.717) is 18.2 Å². The molecule has 0 fully saturated rings. The first-order valence-corrected chi connectivity index (χ1v) is 9.46. The molecule has 1 aliphatic rings. The predicted octanol–water partition coefficient (Wildman–Crippen LogP) is 5.48. The highest BCUT2D eigenvalue weighted by molar-refractivity contribution is 6.30. The van der Waals surface area contributed by atoms with Gasteiger partial charge in [0.15, 0.2) is 11.5 Å². The average molecular weight is 392 g/mol. The molecule has 3 heterocycles. The molecule has 140 valence electrons. The summed E-state index contributed by atoms with van der Waals surface area (Å²) in [7, 11) is 0. The second kappa shape index (κ2) is 6.77. The number of aromatic nitrogens is 2. The second-order valence-corrected chi connectivity index (χ2v) is 7.17. The smallest absolute Gasteiger partial charge is 0.163 e. The summed E-state index contributed by atoms with van der Waals surface area (Å²) in [5.41, 5.74) is 4.78. The van der Waals surface area contributed by atoms with E-state index in [1.807, 2.05) is 48.5 Å². The van der Waals surface area contributed by atoms with Crippen molar-refractivity contribution in [3.05, 3.63) is 71.4 Å². The summed E-state index contributed by atoms with van der Waals surface area (Å²) < 4.78 is 13.4. The van der Waals surface area contributed by atoms with Gasteiger partial charge >= 0.3 is 0 Å². The van der Waals surface area contributed by atoms with Crippen molar-refractivity contribution in [1.29, 1.82) is 0 Å². The third-order valence-corrected chi connectivity index (χ3v) is 4.94. The fourth-order valence-electron chi connectivity index (χ4n) is 3.34. The fraction of sp³-hybridized carbons (Fsp3) is 0.136. The van der Waals surface area contributed by atoms with Crippen LogP contribution in [0.2, 0.25) is 5.02 Å². The predicted molar refractivity (Wildman–Crippen MR) is 111 cm³/mol. The fourth-order valence-corrected chi connectivity index (χ4v) is 3.46. The Labute approximate surface area is 167 Å². The largest absolute Gasteiger partial charge is 0.486 e. The molecule has 4 aromatic rings. The van der Waals surface area contributed by atoms with Gasteiger partial charge in [-0.3, -0.25) is 4.40 Å². The van der Waals surface area contributed by atoms with E-state index in [0.717, 1.165) is 45.5 Å². The molecule has 0 spiro atoms. The molecule has 1 aliphatic heterocycles. The maximum absolute atomic E-state index is 6.07. The molecule has 2 aromatic heterocycles. The van der Waals surface area contributed by atoms with Gasteiger partial charge in [0, 0.05) is 28.5 Å². The Morgan fingerprint density at radius 2 is 1.75 bits per heavy atom. The lowest BCUT2D eigenvalue weighted by Crippen LogP contribution is -2.15. The number of rotatable bonds is 3. The van der Waals surface area contributed by atoms with E-state index in [2.05, 4.69) is 28.9 Å². The van der Waals surface area contributed by atoms with E-state index in [9.17, 15) is 0 Å². The lowest BCUT2D eigenvalue weighted by molar-refractivity contribution is 0.171. The van der Waals surface area contributed by atoms with Crippen LogP contribution in [0.5, 0.6) is 11.5 Å². The molecule has 0 bridgehead atoms. The Balaban J connectivity index is 1.63. The van der Waals surface area contributed by atoms with E-state index < -0.39 is 0 Å². The Hall–Kier alpha value is -3.18. The molecule has 0 aliphatic carbocycles. The van der Waals surface area contributed by atoms with Gasteiger partial charge in [-0.05, 0) is 42.8 Å². The molecule has 0 radical (unpaired) electrons. The van der Waals surface area contributed by atoms with Gasteiger partial charge in [0.1, 0.15) is 30.4 Å². The number of nitrogens with zero attached hydrogens (tertiary/aromatic N) is 2. The molecule has 5 rings (SSSR count). The van der Waals surface area contributed by atoms with Gasteiger partial charge in [-0.1, -0.05) is 29.8 Å². The molecule has 5 nitrogen and oxygen atoms in total. The first kappa shape index (κ1) is 17.0. The van der Waals surface area contributed by atoms with Gasteiger partial charge in [0.05, 0.1) is 0 Å². The molecule has 0 amide bonds. The number of benzene rings is 2. The number of ether oxygens (including phenoxy) is 2. The van der Waals surface area contributed by atoms with E-state index in [1.165, 1.54) is 0 Å². The minimum atomic E-state index is 0.557. The first-order valence-electron chi connectivity index (χ1n) is 9.09. The molecule has 6 heteroatoms. The molecule has 0 saturated heterocycles. The average Bonchev–Trinajstić information content (AvgIpc) is 3.06. The van der Waals surface area contributed by atoms with Crippen LogP contribution in [0, 0.1) is 6.92 Å². The lowest BCUT2D eigenvalue weighted by Gasteiger charge is -2.19. The van der Waals surface area contributed by atoms with E-state index in [4.69, 9.17) is 26.1 Å². The van der Waals surface area contributed by atoms with Crippen LogP contribution in [0.15, 0.2) is 60.8 Å². The maximum atomic E-state index is 6.07. The summed E-state index contributed by atoms with van der Waals surface area (Å²) in [6, 6.07) is 17.6. The van der Waals surface area contributed by atoms with Crippen LogP contribution in [0.4, 0.5) is 11.5 Å². The standard InChI is InChI=1S/C22H18ClN3O2/c1-14-2-9-20-25-21(15-3-5-16(23)6-4-15)22(26(20)13-14)24-17-7-8-18-19(12-17)28-11-10-27-18/h2-9,12-13,24H,10-11H2,1H3. The Kier molecular flexibility index (Phi) is 4.10. The zero-order valence-corrected chi connectivity index (χ0v) is 16.0. The number of anilines is 2. The van der Waals surface area contributed by atoms with Gasteiger partial charge in [-0.15, -0.1) is 0 Å². The molecular formula is C22H18ClN3O2. The van der Waals surface area contributed by atoms with Crippen LogP contribution in [0.1, 0.15) is 5.56 Å². The molecule has 28 heavy (non-hydrogen) atoms. The molecule has 1 N–H and O–H groups in total. The molecule has 0 unspecified atom stereocenters. The minimum absolute atomic E-state index is 0.557. The highest BCUT2D eigenvalue weighted by Crippen LogP contribution is 2.36. The summed E-state index contributed by atoms with van der Waals surface area (Å²) in [4.78, 5) is 4.84. The highest BCUT2D eigenvalue weighted by atomic mass is 35.5. The zero-order valence-electron chi connectivity index (χ0n) is 15.3. The van der Waals surface area contributed by atoms with Crippen LogP contribution in [0.25, 0.3) is 16.9 Å². The maximum Gasteiger partial charge on any atom is 0.163 e. The number of nitrogens with one attached hydrogen (secondary N) is 1. The van der Waals surface area contributed by atoms with Gasteiger partial charge in [-0.25, -0.2) is 4.98 Å². The minimum Gasteiger partial charge on any atom is -0.486 e. The number of halogens is 1. The first-order chi connectivity index (χ1) is 13.7. The Morgan fingerprint density at radius 3 is 2.57 bits per heavy atom. The van der Waals surface area contributed by atoms with E-state index >= 15 is 0 Å². The van der Waals surface area contributed by atoms with Crippen molar-refractivity contribution in [3.63, 3.8) is 0 Å². The van der Waals surface area contributed by atoms with E-state index in [1.54, 1.807) is 0 Å². The Bertz CT molecular complexity index is 1170. The molecule has 2 aromatic carbocycles. The number of imidazole rings is 1. The highest BCUT2D eigenvalue weighted by Gasteiger charge is 2.17. The third-order valence-electron chi connectivity index (χ3n) is 4.69. The molecular weight excluding hydrogens is 374 g/mol. The van der Waals surface area contributed by atoms with Crippen molar-refractivity contribution in [2.45, 2.75) is 6.92 Å². The summed E-state index contributed by atoms with van der Waals surface area (Å²) in [6.45, 7) is 3.20. The Morgan fingerprint density at radius 1 is 0.964 bits per heavy atom. The summed E-state index contributed by atoms with van der Waals surface area (Å²) in [5, 5.41) is 4.22. The van der Waals surface area contributed by atoms with Crippen molar-refractivity contribution < 1.29 is 9.47 Å². The lowest BCUT2D eigenvalue weighted by atomic mass is 10.1. The molecule has 0 saturated carbocycles. The van der Waals surface area contributed by atoms with Crippen molar-refractivity contribution >= 4 is 28.8 Å². The van der Waals surface area contributed by atoms with Crippen LogP contribution < -0.4 is 14.8 Å². The SMILES string of the molecule is Cc1ccc2nc(-c3ccc(Cl)cc3)c(Nc3ccc4c(c3)OCCO4)n2c1. The van der Waals surface area contributed by atoms with Crippen molar-refractivity contribution in [2.75, 3.05) is 18.5 Å². The van der Waals surface area contributed by atoms with E-state index in [-0.39, 0.29) is 0 Å². The second-order valence-electron chi connectivity index (χ2n) is 6.73. The van der Waals surface area contributed by atoms with Crippen LogP contribution in [-0.4, -0.2) is 22.6 Å². The monoisotopic (exact) mass is 391 g/mol. The third kappa shape index (κ3) is 3.04. The van der Waals surface area contributed by atoms with Crippen LogP contribution >= 0.6 is 11.6 Å². The topological polar surface area (TPSA) is 47.8 Å². The normalized spacial score (nSPS) is 12.9. The summed E-state index contributed by atoms with van der Waals surface area (Å²) >= 11 is 6.07. The molecule has 0 atom stereocenters. The summed E-state index contributed by atoms with van der Waals surface area (Å²) in [6.07, 6.45) is 2.07. The number of fused-ring (bicyclic) bond motifs is 2. The number of aryl methyl sites for hydroxylation is 1. The van der Waals surface area contributed by atoms with Gasteiger partial charge < -0.3 is 14.8 Å². The number of hydrogen-bond donors (Lipinski definition) is 1. The van der Waals surface area contributed by atoms with Gasteiger partial charge in [0.2, 0.25) is 0 Å². The van der Waals surface area contributed by atoms with Gasteiger partial charge in [-0.2, -0.15) is 0 Å². The van der Waals surface area contributed by atoms with Crippen molar-refractivity contribution in [1.82, 2.24) is 9.38 Å². The van der Waals surface area contributed by atoms with Crippen molar-refractivity contribution in [2.24, 2.45) is 0 Å². The number of hydrogen-bond acceptors (Lipinski definition) is 4. The van der Waals surface area contributed by atoms with Crippen LogP contribution in [0.3, 0.4) is 0 Å². The number of pyridine rings is 1. The quantitative estimate of drug-likeness (QED) is 0.502. The zero-order chi connectivity index (χ0) is 19.1. The summed E-state index contributed by atoms with van der Waals surface area (Å²) in [5.74, 6) is 2.40.